The maximum atomic E-state index is 12.5. The quantitative estimate of drug-likeness (QED) is 0.602. The Hall–Kier alpha value is -2.38. The van der Waals surface area contributed by atoms with E-state index in [2.05, 4.69) is 27.8 Å². The number of nitrogens with zero attached hydrogens (tertiary/aromatic N) is 1. The van der Waals surface area contributed by atoms with Gasteiger partial charge in [0.25, 0.3) is 0 Å². The molecule has 2 aromatic carbocycles. The molecule has 2 amide bonds. The van der Waals surface area contributed by atoms with Gasteiger partial charge in [0.05, 0.1) is 21.2 Å². The number of thiazole rings is 1. The van der Waals surface area contributed by atoms with Crippen LogP contribution in [0.5, 0.6) is 0 Å². The van der Waals surface area contributed by atoms with Gasteiger partial charge >= 0.3 is 0 Å². The van der Waals surface area contributed by atoms with Crippen molar-refractivity contribution < 1.29 is 9.59 Å². The smallest absolute Gasteiger partial charge is 0.239 e. The van der Waals surface area contributed by atoms with Crippen molar-refractivity contribution in [2.75, 3.05) is 16.4 Å². The number of carbonyl (C=O) groups is 2. The summed E-state index contributed by atoms with van der Waals surface area (Å²) in [6.45, 7) is 7.86. The first-order valence-corrected chi connectivity index (χ1v) is 10.8. The number of hydrogen-bond donors (Lipinski definition) is 2. The lowest BCUT2D eigenvalue weighted by Gasteiger charge is -2.10. The maximum Gasteiger partial charge on any atom is 0.239 e. The first kappa shape index (κ1) is 20.4. The molecule has 1 heterocycles. The molecule has 3 rings (SSSR count). The average Bonchev–Trinajstić information content (AvgIpc) is 3.04. The molecule has 0 saturated heterocycles. The number of amides is 2. The van der Waals surface area contributed by atoms with Gasteiger partial charge in [-0.1, -0.05) is 35.1 Å². The minimum atomic E-state index is -0.362. The molecular weight excluding hydrogens is 390 g/mol. The van der Waals surface area contributed by atoms with Crippen molar-refractivity contribution in [1.82, 2.24) is 4.98 Å². The van der Waals surface area contributed by atoms with Gasteiger partial charge in [-0.05, 0) is 57.0 Å². The molecule has 0 bridgehead atoms. The normalized spacial score (nSPS) is 12.0. The molecule has 0 aliphatic heterocycles. The predicted octanol–water partition coefficient (Wildman–Crippen LogP) is 4.92. The summed E-state index contributed by atoms with van der Waals surface area (Å²) in [4.78, 5) is 29.1. The highest BCUT2D eigenvalue weighted by molar-refractivity contribution is 8.01. The number of aryl methyl sites for hydroxylation is 3. The topological polar surface area (TPSA) is 71.1 Å². The molecule has 0 spiro atoms. The number of aromatic nitrogens is 1. The van der Waals surface area contributed by atoms with Gasteiger partial charge in [-0.15, -0.1) is 11.8 Å². The summed E-state index contributed by atoms with van der Waals surface area (Å²) < 4.78 is 1.06. The van der Waals surface area contributed by atoms with E-state index < -0.39 is 0 Å². The third-order valence-corrected chi connectivity index (χ3v) is 6.29. The molecule has 7 heteroatoms. The third-order valence-electron chi connectivity index (χ3n) is 4.23. The van der Waals surface area contributed by atoms with Gasteiger partial charge in [0.1, 0.15) is 0 Å². The lowest BCUT2D eigenvalue weighted by atomic mass is 10.1. The number of nitrogens with one attached hydrogen (secondary N) is 2. The van der Waals surface area contributed by atoms with Crippen LogP contribution in [0.15, 0.2) is 36.4 Å². The van der Waals surface area contributed by atoms with E-state index >= 15 is 0 Å². The summed E-state index contributed by atoms with van der Waals surface area (Å²) in [5.74, 6) is -0.0678. The van der Waals surface area contributed by atoms with Crippen molar-refractivity contribution >= 4 is 55.9 Å². The zero-order valence-corrected chi connectivity index (χ0v) is 18.0. The number of hydrogen-bond acceptors (Lipinski definition) is 5. The molecule has 5 nitrogen and oxygen atoms in total. The van der Waals surface area contributed by atoms with E-state index in [1.165, 1.54) is 28.7 Å². The molecule has 2 N–H and O–H groups in total. The fraction of sp³-hybridized carbons (Fsp3) is 0.286. The molecule has 0 aliphatic rings. The molecule has 146 valence electrons. The van der Waals surface area contributed by atoms with Crippen molar-refractivity contribution in [2.24, 2.45) is 0 Å². The Labute approximate surface area is 172 Å². The summed E-state index contributed by atoms with van der Waals surface area (Å²) in [5, 5.41) is 5.94. The van der Waals surface area contributed by atoms with Crippen molar-refractivity contribution in [2.45, 2.75) is 32.9 Å². The fourth-order valence-electron chi connectivity index (χ4n) is 2.74. The van der Waals surface area contributed by atoms with E-state index in [0.717, 1.165) is 27.0 Å². The Kier molecular flexibility index (Phi) is 6.36. The van der Waals surface area contributed by atoms with Crippen LogP contribution in [0.2, 0.25) is 0 Å². The standard InChI is InChI=1S/C21H23N3O2S2/c1-12-5-7-16(8-6-12)22-18(25)11-27-15(4)20(26)24-21-23-19-14(3)9-13(2)10-17(19)28-21/h5-10,15H,11H2,1-4H3,(H,22,25)(H,23,24,26). The fourth-order valence-corrected chi connectivity index (χ4v) is 4.47. The van der Waals surface area contributed by atoms with Crippen molar-refractivity contribution in [3.8, 4) is 0 Å². The average molecular weight is 414 g/mol. The van der Waals surface area contributed by atoms with E-state index in [0.29, 0.717) is 5.13 Å². The Morgan fingerprint density at radius 1 is 1.07 bits per heavy atom. The van der Waals surface area contributed by atoms with Crippen LogP contribution in [-0.4, -0.2) is 27.8 Å². The SMILES string of the molecule is Cc1ccc(NC(=O)CSC(C)C(=O)Nc2nc3c(C)cc(C)cc3s2)cc1. The molecule has 1 unspecified atom stereocenters. The van der Waals surface area contributed by atoms with Gasteiger partial charge in [0.15, 0.2) is 5.13 Å². The zero-order valence-electron chi connectivity index (χ0n) is 16.3. The molecular formula is C21H23N3O2S2. The second kappa shape index (κ2) is 8.75. The first-order valence-electron chi connectivity index (χ1n) is 8.98. The van der Waals surface area contributed by atoms with Crippen LogP contribution in [0, 0.1) is 20.8 Å². The van der Waals surface area contributed by atoms with Gasteiger partial charge in [-0.3, -0.25) is 9.59 Å². The lowest BCUT2D eigenvalue weighted by molar-refractivity contribution is -0.115. The first-order chi connectivity index (χ1) is 13.3. The van der Waals surface area contributed by atoms with E-state index in [4.69, 9.17) is 0 Å². The summed E-state index contributed by atoms with van der Waals surface area (Å²) in [5.41, 5.74) is 5.09. The number of carbonyl (C=O) groups excluding carboxylic acids is 2. The molecule has 0 radical (unpaired) electrons. The van der Waals surface area contributed by atoms with Crippen LogP contribution in [0.3, 0.4) is 0 Å². The van der Waals surface area contributed by atoms with Crippen LogP contribution in [0.4, 0.5) is 10.8 Å². The van der Waals surface area contributed by atoms with Crippen molar-refractivity contribution in [1.29, 1.82) is 0 Å². The van der Waals surface area contributed by atoms with Crippen molar-refractivity contribution in [3.63, 3.8) is 0 Å². The largest absolute Gasteiger partial charge is 0.325 e. The predicted molar refractivity (Wildman–Crippen MR) is 119 cm³/mol. The van der Waals surface area contributed by atoms with Crippen LogP contribution < -0.4 is 10.6 Å². The van der Waals surface area contributed by atoms with Crippen LogP contribution in [0.25, 0.3) is 10.2 Å². The van der Waals surface area contributed by atoms with Gasteiger partial charge in [-0.25, -0.2) is 4.98 Å². The molecule has 0 saturated carbocycles. The third kappa shape index (κ3) is 5.11. The zero-order chi connectivity index (χ0) is 20.3. The highest BCUT2D eigenvalue weighted by Crippen LogP contribution is 2.29. The van der Waals surface area contributed by atoms with E-state index in [9.17, 15) is 9.59 Å². The molecule has 1 atom stereocenters. The van der Waals surface area contributed by atoms with Crippen LogP contribution in [0.1, 0.15) is 23.6 Å². The summed E-state index contributed by atoms with van der Waals surface area (Å²) in [6, 6.07) is 11.8. The number of rotatable bonds is 6. The Morgan fingerprint density at radius 2 is 1.79 bits per heavy atom. The highest BCUT2D eigenvalue weighted by Gasteiger charge is 2.17. The maximum absolute atomic E-state index is 12.5. The lowest BCUT2D eigenvalue weighted by Crippen LogP contribution is -2.25. The molecule has 3 aromatic rings. The minimum absolute atomic E-state index is 0.125. The summed E-state index contributed by atoms with van der Waals surface area (Å²) in [6.07, 6.45) is 0. The Balaban J connectivity index is 1.53. The molecule has 0 fully saturated rings. The Morgan fingerprint density at radius 3 is 2.50 bits per heavy atom. The monoisotopic (exact) mass is 413 g/mol. The highest BCUT2D eigenvalue weighted by atomic mass is 32.2. The van der Waals surface area contributed by atoms with E-state index in [-0.39, 0.29) is 22.8 Å². The number of fused-ring (bicyclic) bond motifs is 1. The number of thioether (sulfide) groups is 1. The van der Waals surface area contributed by atoms with E-state index in [1.54, 1.807) is 6.92 Å². The van der Waals surface area contributed by atoms with E-state index in [1.807, 2.05) is 45.0 Å². The van der Waals surface area contributed by atoms with Gasteiger partial charge < -0.3 is 10.6 Å². The minimum Gasteiger partial charge on any atom is -0.325 e. The molecule has 28 heavy (non-hydrogen) atoms. The second-order valence-corrected chi connectivity index (χ2v) is 9.16. The summed E-state index contributed by atoms with van der Waals surface area (Å²) in [7, 11) is 0. The second-order valence-electron chi connectivity index (χ2n) is 6.80. The Bertz CT molecular complexity index is 1010. The molecule has 0 aliphatic carbocycles. The summed E-state index contributed by atoms with van der Waals surface area (Å²) >= 11 is 2.77. The van der Waals surface area contributed by atoms with Crippen LogP contribution >= 0.6 is 23.1 Å². The number of anilines is 2. The van der Waals surface area contributed by atoms with Gasteiger partial charge in [0.2, 0.25) is 11.8 Å². The van der Waals surface area contributed by atoms with Gasteiger partial charge in [-0.2, -0.15) is 0 Å². The van der Waals surface area contributed by atoms with Gasteiger partial charge in [0, 0.05) is 5.69 Å². The van der Waals surface area contributed by atoms with Crippen molar-refractivity contribution in [3.05, 3.63) is 53.1 Å². The number of benzene rings is 2. The molecule has 1 aromatic heterocycles. The van der Waals surface area contributed by atoms with Crippen LogP contribution in [-0.2, 0) is 9.59 Å².